The van der Waals surface area contributed by atoms with E-state index in [1.807, 2.05) is 18.2 Å². The summed E-state index contributed by atoms with van der Waals surface area (Å²) in [6.45, 7) is 8.37. The van der Waals surface area contributed by atoms with Crippen molar-refractivity contribution in [1.82, 2.24) is 9.38 Å². The van der Waals surface area contributed by atoms with Gasteiger partial charge in [0.15, 0.2) is 0 Å². The van der Waals surface area contributed by atoms with Crippen molar-refractivity contribution in [2.24, 2.45) is 0 Å². The van der Waals surface area contributed by atoms with Crippen LogP contribution in [0.25, 0.3) is 105 Å². The summed E-state index contributed by atoms with van der Waals surface area (Å²) in [6, 6.07) is 48.6. The largest absolute Gasteiger partial charge is 0.292 e. The second-order valence-corrected chi connectivity index (χ2v) is 12.4. The number of benzene rings is 8. The van der Waals surface area contributed by atoms with E-state index >= 15 is 0 Å². The van der Waals surface area contributed by atoms with E-state index in [0.717, 1.165) is 44.3 Å². The number of pyridine rings is 1. The fourth-order valence-corrected chi connectivity index (χ4v) is 8.01. The van der Waals surface area contributed by atoms with Crippen LogP contribution in [0.2, 0.25) is 0 Å². The highest BCUT2D eigenvalue weighted by atomic mass is 15.0. The predicted octanol–water partition coefficient (Wildman–Crippen LogP) is 12.3. The summed E-state index contributed by atoms with van der Waals surface area (Å²) < 4.78 is 2.20. The summed E-state index contributed by atoms with van der Waals surface area (Å²) in [5.74, 6) is 0. The van der Waals surface area contributed by atoms with Crippen LogP contribution in [0.4, 0.5) is 0 Å². The molecule has 218 valence electrons. The normalized spacial score (nSPS) is 12.0. The maximum Gasteiger partial charge on any atom is 0.146 e. The van der Waals surface area contributed by atoms with E-state index in [2.05, 4.69) is 145 Å². The molecule has 0 saturated heterocycles. The topological polar surface area (TPSA) is 17.3 Å². The number of para-hydroxylation sites is 2. The Morgan fingerprint density at radius 3 is 1.89 bits per heavy atom. The highest BCUT2D eigenvalue weighted by molar-refractivity contribution is 6.34. The third kappa shape index (κ3) is 3.53. The van der Waals surface area contributed by atoms with Crippen LogP contribution in [-0.4, -0.2) is 9.38 Å². The number of fused-ring (bicyclic) bond motifs is 7. The molecule has 0 amide bonds. The van der Waals surface area contributed by atoms with Gasteiger partial charge in [-0.1, -0.05) is 128 Å². The second kappa shape index (κ2) is 9.62. The van der Waals surface area contributed by atoms with Crippen molar-refractivity contribution in [3.05, 3.63) is 158 Å². The molecule has 2 heteroatoms. The molecule has 47 heavy (non-hydrogen) atoms. The first-order chi connectivity index (χ1) is 23.2. The highest BCUT2D eigenvalue weighted by Gasteiger charge is 2.17. The monoisotopic (exact) mass is 596 g/mol. The standard InChI is InChI=1S/C45H28N2/c1-3-31-39-26-30(22-23-38(39)45-46-40-16-5-6-17-42(40)47(45)41(31)4-2)27-18-20-28(21-19-27)32-24-25-37-35-13-8-11-29-10-7-12-34(43(29)35)36-15-9-14-33(32)44(36)37/h3-26H,1-2H2. The van der Waals surface area contributed by atoms with Crippen molar-refractivity contribution in [1.29, 1.82) is 0 Å². The fourth-order valence-electron chi connectivity index (χ4n) is 8.01. The molecule has 0 fully saturated rings. The molecule has 0 N–H and O–H groups in total. The van der Waals surface area contributed by atoms with Crippen molar-refractivity contribution in [3.8, 4) is 22.3 Å². The van der Waals surface area contributed by atoms with Gasteiger partial charge in [0.2, 0.25) is 0 Å². The Balaban J connectivity index is 1.13. The van der Waals surface area contributed by atoms with Gasteiger partial charge in [0.1, 0.15) is 5.65 Å². The zero-order valence-electron chi connectivity index (χ0n) is 25.7. The van der Waals surface area contributed by atoms with Gasteiger partial charge in [-0.15, -0.1) is 0 Å². The summed E-state index contributed by atoms with van der Waals surface area (Å²) in [4.78, 5) is 5.03. The zero-order valence-corrected chi connectivity index (χ0v) is 25.7. The molecule has 0 bridgehead atoms. The molecule has 10 rings (SSSR count). The summed E-state index contributed by atoms with van der Waals surface area (Å²) in [5, 5.41) is 12.8. The van der Waals surface area contributed by atoms with Crippen LogP contribution in [-0.2, 0) is 0 Å². The van der Waals surface area contributed by atoms with E-state index < -0.39 is 0 Å². The molecule has 0 spiro atoms. The van der Waals surface area contributed by atoms with Gasteiger partial charge in [-0.05, 0) is 101 Å². The van der Waals surface area contributed by atoms with Crippen molar-refractivity contribution in [2.45, 2.75) is 0 Å². The van der Waals surface area contributed by atoms with E-state index in [9.17, 15) is 0 Å². The molecule has 10 aromatic rings. The van der Waals surface area contributed by atoms with E-state index in [1.54, 1.807) is 0 Å². The van der Waals surface area contributed by atoms with E-state index in [-0.39, 0.29) is 0 Å². The van der Waals surface area contributed by atoms with Crippen LogP contribution in [0.15, 0.2) is 147 Å². The molecule has 2 nitrogen and oxygen atoms in total. The third-order valence-corrected chi connectivity index (χ3v) is 10.1. The van der Waals surface area contributed by atoms with Crippen LogP contribution in [0, 0.1) is 0 Å². The number of imidazole rings is 1. The van der Waals surface area contributed by atoms with Gasteiger partial charge in [0.25, 0.3) is 0 Å². The van der Waals surface area contributed by atoms with Crippen LogP contribution in [0.5, 0.6) is 0 Å². The van der Waals surface area contributed by atoms with Crippen LogP contribution < -0.4 is 0 Å². The molecule has 2 heterocycles. The third-order valence-electron chi connectivity index (χ3n) is 10.1. The zero-order chi connectivity index (χ0) is 31.2. The lowest BCUT2D eigenvalue weighted by atomic mass is 9.87. The minimum Gasteiger partial charge on any atom is -0.292 e. The number of rotatable bonds is 4. The van der Waals surface area contributed by atoms with Gasteiger partial charge in [-0.3, -0.25) is 4.40 Å². The van der Waals surface area contributed by atoms with Gasteiger partial charge < -0.3 is 0 Å². The quantitative estimate of drug-likeness (QED) is 0.146. The Kier molecular flexibility index (Phi) is 5.33. The minimum absolute atomic E-state index is 0.935. The molecule has 0 atom stereocenters. The molecular weight excluding hydrogens is 569 g/mol. The van der Waals surface area contributed by atoms with Gasteiger partial charge in [-0.25, -0.2) is 4.98 Å². The predicted molar refractivity (Wildman–Crippen MR) is 202 cm³/mol. The van der Waals surface area contributed by atoms with Gasteiger partial charge in [0, 0.05) is 10.9 Å². The first-order valence-corrected chi connectivity index (χ1v) is 16.0. The Labute approximate surface area is 271 Å². The van der Waals surface area contributed by atoms with Crippen LogP contribution in [0.1, 0.15) is 11.3 Å². The Morgan fingerprint density at radius 1 is 0.489 bits per heavy atom. The SMILES string of the molecule is C=Cc1c(C=C)n2c3ccccc3nc2c2ccc(-c3ccc(-c4ccc5c6cccc7cccc(c8cccc4c85)c76)cc3)cc12. The number of aromatic nitrogens is 2. The Hall–Kier alpha value is -6.25. The molecule has 0 aliphatic heterocycles. The first kappa shape index (κ1) is 26.0. The summed E-state index contributed by atoms with van der Waals surface area (Å²) >= 11 is 0. The Morgan fingerprint density at radius 2 is 1.13 bits per heavy atom. The minimum atomic E-state index is 0.935. The lowest BCUT2D eigenvalue weighted by Crippen LogP contribution is -1.97. The number of hydrogen-bond donors (Lipinski definition) is 0. The lowest BCUT2D eigenvalue weighted by molar-refractivity contribution is 1.21. The lowest BCUT2D eigenvalue weighted by Gasteiger charge is -2.17. The summed E-state index contributed by atoms with van der Waals surface area (Å²) in [7, 11) is 0. The maximum atomic E-state index is 5.03. The van der Waals surface area contributed by atoms with Crippen LogP contribution in [0.3, 0.4) is 0 Å². The first-order valence-electron chi connectivity index (χ1n) is 16.0. The second-order valence-electron chi connectivity index (χ2n) is 12.4. The number of nitrogens with zero attached hydrogens (tertiary/aromatic N) is 2. The molecule has 0 aliphatic carbocycles. The molecule has 0 unspecified atom stereocenters. The van der Waals surface area contributed by atoms with Crippen LogP contribution >= 0.6 is 0 Å². The van der Waals surface area contributed by atoms with Crippen molar-refractivity contribution in [3.63, 3.8) is 0 Å². The van der Waals surface area contributed by atoms with E-state index in [4.69, 9.17) is 4.98 Å². The van der Waals surface area contributed by atoms with E-state index in [0.29, 0.717) is 0 Å². The molecule has 8 aromatic carbocycles. The molecule has 2 aromatic heterocycles. The molecule has 0 radical (unpaired) electrons. The molecule has 0 saturated carbocycles. The highest BCUT2D eigenvalue weighted by Crippen LogP contribution is 2.43. The fraction of sp³-hybridized carbons (Fsp3) is 0. The van der Waals surface area contributed by atoms with Crippen molar-refractivity contribution in [2.75, 3.05) is 0 Å². The summed E-state index contributed by atoms with van der Waals surface area (Å²) in [5.41, 5.74) is 9.83. The molecule has 0 aliphatic rings. The average Bonchev–Trinajstić information content (AvgIpc) is 3.52. The summed E-state index contributed by atoms with van der Waals surface area (Å²) in [6.07, 6.45) is 3.86. The van der Waals surface area contributed by atoms with Crippen molar-refractivity contribution >= 4 is 82.7 Å². The van der Waals surface area contributed by atoms with Gasteiger partial charge >= 0.3 is 0 Å². The van der Waals surface area contributed by atoms with Crippen molar-refractivity contribution < 1.29 is 0 Å². The van der Waals surface area contributed by atoms with E-state index in [1.165, 1.54) is 59.8 Å². The Bertz CT molecular complexity index is 2870. The van der Waals surface area contributed by atoms with Gasteiger partial charge in [-0.2, -0.15) is 0 Å². The average molecular weight is 597 g/mol. The molecular formula is C45H28N2. The van der Waals surface area contributed by atoms with Gasteiger partial charge in [0.05, 0.1) is 16.7 Å². The maximum absolute atomic E-state index is 5.03. The smallest absolute Gasteiger partial charge is 0.146 e. The number of hydrogen-bond acceptors (Lipinski definition) is 1.